The number of carboxylic acids is 1. The van der Waals surface area contributed by atoms with Gasteiger partial charge in [0.1, 0.15) is 11.4 Å². The minimum Gasteiger partial charge on any atom is -0.481 e. The molecule has 0 aliphatic rings. The molecule has 1 aromatic rings. The van der Waals surface area contributed by atoms with Crippen LogP contribution in [-0.2, 0) is 9.53 Å². The molecule has 1 aromatic carbocycles. The Hall–Kier alpha value is -1.63. The number of carbonyl (C=O) groups excluding carboxylic acids is 1. The third-order valence-corrected chi connectivity index (χ3v) is 3.13. The molecule has 21 heavy (non-hydrogen) atoms. The number of hydrogen-bond acceptors (Lipinski definition) is 3. The molecule has 1 amide bonds. The fourth-order valence-electron chi connectivity index (χ4n) is 1.64. The molecule has 0 saturated carbocycles. The van der Waals surface area contributed by atoms with Gasteiger partial charge in [-0.2, -0.15) is 0 Å². The standard InChI is InChI=1S/C14H17BrFNO4/c1-14(2,3)21-13(20)17-11(7-12(18)19)9-6-8(16)4-5-10(9)15/h4-6,11H,7H2,1-3H3,(H,17,20)(H,18,19). The first-order valence-corrected chi connectivity index (χ1v) is 7.04. The van der Waals surface area contributed by atoms with Crippen LogP contribution in [0.1, 0.15) is 38.8 Å². The number of rotatable bonds is 4. The minimum atomic E-state index is -1.12. The van der Waals surface area contributed by atoms with Gasteiger partial charge in [-0.05, 0) is 44.5 Å². The molecule has 0 radical (unpaired) electrons. The maximum absolute atomic E-state index is 13.3. The van der Waals surface area contributed by atoms with E-state index >= 15 is 0 Å². The van der Waals surface area contributed by atoms with Crippen molar-refractivity contribution in [1.82, 2.24) is 5.32 Å². The minimum absolute atomic E-state index is 0.336. The molecule has 1 rings (SSSR count). The van der Waals surface area contributed by atoms with Gasteiger partial charge in [0.25, 0.3) is 0 Å². The zero-order valence-corrected chi connectivity index (χ0v) is 13.5. The Morgan fingerprint density at radius 1 is 1.43 bits per heavy atom. The van der Waals surface area contributed by atoms with Crippen molar-refractivity contribution in [2.24, 2.45) is 0 Å². The largest absolute Gasteiger partial charge is 0.481 e. The van der Waals surface area contributed by atoms with Gasteiger partial charge in [0.05, 0.1) is 12.5 Å². The van der Waals surface area contributed by atoms with Gasteiger partial charge in [-0.25, -0.2) is 9.18 Å². The third-order valence-electron chi connectivity index (χ3n) is 2.40. The maximum Gasteiger partial charge on any atom is 0.408 e. The van der Waals surface area contributed by atoms with Gasteiger partial charge in [0.15, 0.2) is 0 Å². The number of benzene rings is 1. The second kappa shape index (κ2) is 6.89. The molecule has 0 aliphatic heterocycles. The van der Waals surface area contributed by atoms with Gasteiger partial charge in [0, 0.05) is 4.47 Å². The smallest absolute Gasteiger partial charge is 0.408 e. The van der Waals surface area contributed by atoms with Gasteiger partial charge >= 0.3 is 12.1 Å². The molecule has 0 aliphatic carbocycles. The fraction of sp³-hybridized carbons (Fsp3) is 0.429. The predicted octanol–water partition coefficient (Wildman–Crippen LogP) is 3.63. The molecule has 5 nitrogen and oxygen atoms in total. The fourth-order valence-corrected chi connectivity index (χ4v) is 2.17. The van der Waals surface area contributed by atoms with Crippen LogP contribution < -0.4 is 5.32 Å². The molecule has 0 spiro atoms. The summed E-state index contributed by atoms with van der Waals surface area (Å²) in [6, 6.07) is 2.96. The summed E-state index contributed by atoms with van der Waals surface area (Å²) in [6.45, 7) is 5.07. The summed E-state index contributed by atoms with van der Waals surface area (Å²) in [7, 11) is 0. The SMILES string of the molecule is CC(C)(C)OC(=O)NC(CC(=O)O)c1cc(F)ccc1Br. The summed E-state index contributed by atoms with van der Waals surface area (Å²) in [5.41, 5.74) is -0.375. The summed E-state index contributed by atoms with van der Waals surface area (Å²) in [5.74, 6) is -1.64. The van der Waals surface area contributed by atoms with Gasteiger partial charge in [-0.1, -0.05) is 15.9 Å². The van der Waals surface area contributed by atoms with E-state index in [9.17, 15) is 14.0 Å². The number of alkyl carbamates (subject to hydrolysis) is 1. The topological polar surface area (TPSA) is 75.6 Å². The highest BCUT2D eigenvalue weighted by atomic mass is 79.9. The first-order chi connectivity index (χ1) is 9.58. The molecular formula is C14H17BrFNO4. The third kappa shape index (κ3) is 6.12. The second-order valence-electron chi connectivity index (χ2n) is 5.46. The number of carboxylic acid groups (broad SMARTS) is 1. The van der Waals surface area contributed by atoms with Crippen molar-refractivity contribution >= 4 is 28.0 Å². The summed E-state index contributed by atoms with van der Waals surface area (Å²) < 4.78 is 18.9. The van der Waals surface area contributed by atoms with Crippen molar-refractivity contribution in [3.8, 4) is 0 Å². The number of carbonyl (C=O) groups is 2. The van der Waals surface area contributed by atoms with Crippen LogP contribution in [0.5, 0.6) is 0 Å². The molecule has 1 unspecified atom stereocenters. The molecule has 1 atom stereocenters. The molecule has 0 aromatic heterocycles. The van der Waals surface area contributed by atoms with E-state index in [1.165, 1.54) is 18.2 Å². The molecule has 7 heteroatoms. The van der Waals surface area contributed by atoms with Gasteiger partial charge in [0.2, 0.25) is 0 Å². The molecule has 0 heterocycles. The Bertz CT molecular complexity index is 542. The van der Waals surface area contributed by atoms with Gasteiger partial charge < -0.3 is 15.2 Å². The highest BCUT2D eigenvalue weighted by molar-refractivity contribution is 9.10. The summed E-state index contributed by atoms with van der Waals surface area (Å²) in [6.07, 6.45) is -1.15. The van der Waals surface area contributed by atoms with Crippen LogP contribution in [0.4, 0.5) is 9.18 Å². The van der Waals surface area contributed by atoms with Crippen LogP contribution in [0.2, 0.25) is 0 Å². The Morgan fingerprint density at radius 2 is 2.05 bits per heavy atom. The van der Waals surface area contributed by atoms with Crippen molar-refractivity contribution in [1.29, 1.82) is 0 Å². The molecule has 0 bridgehead atoms. The normalized spacial score (nSPS) is 12.6. The Labute approximate surface area is 130 Å². The molecular weight excluding hydrogens is 345 g/mol. The van der Waals surface area contributed by atoms with E-state index in [2.05, 4.69) is 21.2 Å². The number of hydrogen-bond donors (Lipinski definition) is 2. The van der Waals surface area contributed by atoms with Crippen LogP contribution in [0, 0.1) is 5.82 Å². The van der Waals surface area contributed by atoms with Crippen molar-refractivity contribution in [3.05, 3.63) is 34.1 Å². The van der Waals surface area contributed by atoms with Crippen LogP contribution in [0.25, 0.3) is 0 Å². The zero-order valence-electron chi connectivity index (χ0n) is 11.9. The average molecular weight is 362 g/mol. The number of ether oxygens (including phenoxy) is 1. The van der Waals surface area contributed by atoms with E-state index in [-0.39, 0.29) is 6.42 Å². The van der Waals surface area contributed by atoms with E-state index < -0.39 is 29.5 Å². The first-order valence-electron chi connectivity index (χ1n) is 6.25. The van der Waals surface area contributed by atoms with Crippen molar-refractivity contribution in [2.75, 3.05) is 0 Å². The van der Waals surface area contributed by atoms with E-state index in [1.807, 2.05) is 0 Å². The zero-order chi connectivity index (χ0) is 16.2. The summed E-state index contributed by atoms with van der Waals surface area (Å²) in [5, 5.41) is 11.4. The van der Waals surface area contributed by atoms with E-state index in [1.54, 1.807) is 20.8 Å². The quantitative estimate of drug-likeness (QED) is 0.858. The van der Waals surface area contributed by atoms with E-state index in [0.717, 1.165) is 0 Å². The Kier molecular flexibility index (Phi) is 5.71. The lowest BCUT2D eigenvalue weighted by atomic mass is 10.0. The van der Waals surface area contributed by atoms with Crippen LogP contribution >= 0.6 is 15.9 Å². The van der Waals surface area contributed by atoms with Crippen LogP contribution in [-0.4, -0.2) is 22.8 Å². The van der Waals surface area contributed by atoms with Crippen LogP contribution in [0.3, 0.4) is 0 Å². The summed E-state index contributed by atoms with van der Waals surface area (Å²) >= 11 is 3.22. The average Bonchev–Trinajstić information content (AvgIpc) is 2.28. The lowest BCUT2D eigenvalue weighted by Crippen LogP contribution is -2.36. The molecule has 2 N–H and O–H groups in total. The Balaban J connectivity index is 2.98. The van der Waals surface area contributed by atoms with Crippen molar-refractivity contribution in [2.45, 2.75) is 38.8 Å². The lowest BCUT2D eigenvalue weighted by Gasteiger charge is -2.23. The van der Waals surface area contributed by atoms with Crippen molar-refractivity contribution in [3.63, 3.8) is 0 Å². The molecule has 116 valence electrons. The highest BCUT2D eigenvalue weighted by Gasteiger charge is 2.24. The Morgan fingerprint density at radius 3 is 2.57 bits per heavy atom. The van der Waals surface area contributed by atoms with E-state index in [4.69, 9.17) is 9.84 Å². The lowest BCUT2D eigenvalue weighted by molar-refractivity contribution is -0.137. The van der Waals surface area contributed by atoms with Crippen molar-refractivity contribution < 1.29 is 23.8 Å². The van der Waals surface area contributed by atoms with Gasteiger partial charge in [-0.3, -0.25) is 4.79 Å². The van der Waals surface area contributed by atoms with Crippen LogP contribution in [0.15, 0.2) is 22.7 Å². The first kappa shape index (κ1) is 17.4. The van der Waals surface area contributed by atoms with E-state index in [0.29, 0.717) is 10.0 Å². The maximum atomic E-state index is 13.3. The predicted molar refractivity (Wildman–Crippen MR) is 78.5 cm³/mol. The molecule has 0 fully saturated rings. The number of nitrogens with one attached hydrogen (secondary N) is 1. The highest BCUT2D eigenvalue weighted by Crippen LogP contribution is 2.27. The number of halogens is 2. The second-order valence-corrected chi connectivity index (χ2v) is 6.32. The molecule has 0 saturated heterocycles. The number of amides is 1. The van der Waals surface area contributed by atoms with Gasteiger partial charge in [-0.15, -0.1) is 0 Å². The number of aliphatic carboxylic acids is 1. The summed E-state index contributed by atoms with van der Waals surface area (Å²) in [4.78, 5) is 22.7. The monoisotopic (exact) mass is 361 g/mol.